The maximum atomic E-state index is 9.29. The molecule has 160 valence electrons. The van der Waals surface area contributed by atoms with Crippen LogP contribution in [0.1, 0.15) is 65.5 Å². The third-order valence-electron chi connectivity index (χ3n) is 7.11. The van der Waals surface area contributed by atoms with Gasteiger partial charge in [-0.2, -0.15) is 0 Å². The Kier molecular flexibility index (Phi) is 3.83. The molecule has 4 aromatic rings. The van der Waals surface area contributed by atoms with Gasteiger partial charge < -0.3 is 0 Å². The highest BCUT2D eigenvalue weighted by Gasteiger charge is 2.35. The monoisotopic (exact) mass is 422 g/mol. The highest BCUT2D eigenvalue weighted by molar-refractivity contribution is 5.74. The fourth-order valence-electron chi connectivity index (χ4n) is 5.22. The average Bonchev–Trinajstić information content (AvgIpc) is 2.83. The van der Waals surface area contributed by atoms with Gasteiger partial charge in [-0.05, 0) is 64.9 Å². The number of fused-ring (bicyclic) bond motifs is 2. The van der Waals surface area contributed by atoms with Crippen molar-refractivity contribution in [1.82, 2.24) is 0 Å². The molecule has 1 aliphatic carbocycles. The Hall–Kier alpha value is -3.19. The molecule has 1 nitrogen and oxygen atoms in total. The molecule has 1 heteroatoms. The van der Waals surface area contributed by atoms with Crippen LogP contribution >= 0.6 is 0 Å². The van der Waals surface area contributed by atoms with Gasteiger partial charge in [-0.3, -0.25) is 0 Å². The van der Waals surface area contributed by atoms with Gasteiger partial charge in [-0.15, -0.1) is 0 Å². The minimum absolute atomic E-state index is 0.319. The summed E-state index contributed by atoms with van der Waals surface area (Å²) in [6.07, 6.45) is 1.75. The summed E-state index contributed by atoms with van der Waals surface area (Å²) in [6.45, 7) is 6.14. The van der Waals surface area contributed by atoms with Crippen molar-refractivity contribution in [2.45, 2.75) is 45.9 Å². The van der Waals surface area contributed by atoms with Gasteiger partial charge in [-0.25, -0.2) is 4.57 Å². The first-order valence-electron chi connectivity index (χ1n) is 13.2. The predicted molar refractivity (Wildman–Crippen MR) is 134 cm³/mol. The van der Waals surface area contributed by atoms with E-state index in [1.54, 1.807) is 6.20 Å². The van der Waals surface area contributed by atoms with Crippen molar-refractivity contribution < 1.29 is 10.1 Å². The van der Waals surface area contributed by atoms with E-state index in [0.717, 1.165) is 44.6 Å². The van der Waals surface area contributed by atoms with Gasteiger partial charge in [0.1, 0.15) is 7.05 Å². The van der Waals surface area contributed by atoms with Crippen LogP contribution < -0.4 is 4.57 Å². The molecule has 1 unspecified atom stereocenters. The summed E-state index contributed by atoms with van der Waals surface area (Å²) in [7, 11) is 1.90. The molecule has 5 rings (SSSR count). The van der Waals surface area contributed by atoms with Crippen LogP contribution in [0.25, 0.3) is 22.4 Å². The normalized spacial score (nSPS) is 20.9. The highest BCUT2D eigenvalue weighted by Crippen LogP contribution is 2.47. The standard InChI is InChI=1S/C31H32N/c1-20-11-7-8-12-24(20)30-18-27(21(2)19-32(30)6)23-15-16-26-22(3)25-13-9-10-14-28(25)31(4,5)29(26)17-23/h7-19,22H,1-6H3/q+1/i2D3,22D. The number of aryl methyl sites for hydroxylation is 3. The van der Waals surface area contributed by atoms with E-state index in [1.807, 2.05) is 61.0 Å². The van der Waals surface area contributed by atoms with Crippen LogP contribution in [0, 0.1) is 13.8 Å². The first kappa shape index (κ1) is 16.4. The van der Waals surface area contributed by atoms with Crippen LogP contribution in [0.3, 0.4) is 0 Å². The molecule has 0 spiro atoms. The Morgan fingerprint density at radius 2 is 1.56 bits per heavy atom. The lowest BCUT2D eigenvalue weighted by Crippen LogP contribution is -2.31. The van der Waals surface area contributed by atoms with E-state index in [1.165, 1.54) is 0 Å². The van der Waals surface area contributed by atoms with Gasteiger partial charge in [0.25, 0.3) is 0 Å². The minimum atomic E-state index is -2.26. The molecule has 1 heterocycles. The molecule has 32 heavy (non-hydrogen) atoms. The van der Waals surface area contributed by atoms with Crippen molar-refractivity contribution in [3.63, 3.8) is 0 Å². The maximum absolute atomic E-state index is 9.29. The Labute approximate surface area is 198 Å². The van der Waals surface area contributed by atoms with Crippen LogP contribution in [-0.2, 0) is 12.5 Å². The molecular weight excluding hydrogens is 386 g/mol. The predicted octanol–water partition coefficient (Wildman–Crippen LogP) is 7.25. The second-order valence-corrected chi connectivity index (χ2v) is 9.47. The number of rotatable bonds is 2. The topological polar surface area (TPSA) is 3.88 Å². The van der Waals surface area contributed by atoms with Crippen LogP contribution in [0.5, 0.6) is 0 Å². The number of aromatic nitrogens is 1. The van der Waals surface area contributed by atoms with Gasteiger partial charge in [-0.1, -0.05) is 75.4 Å². The van der Waals surface area contributed by atoms with Crippen LogP contribution in [0.2, 0.25) is 0 Å². The molecule has 0 amide bonds. The summed E-state index contributed by atoms with van der Waals surface area (Å²) in [5.74, 6) is -0.887. The van der Waals surface area contributed by atoms with E-state index in [-0.39, 0.29) is 5.41 Å². The summed E-state index contributed by atoms with van der Waals surface area (Å²) >= 11 is 0. The zero-order chi connectivity index (χ0) is 26.0. The molecular formula is C31H32N+. The second kappa shape index (κ2) is 7.45. The van der Waals surface area contributed by atoms with Crippen molar-refractivity contribution in [2.75, 3.05) is 0 Å². The molecule has 0 radical (unpaired) electrons. The average molecular weight is 423 g/mol. The van der Waals surface area contributed by atoms with Crippen molar-refractivity contribution in [1.29, 1.82) is 0 Å². The van der Waals surface area contributed by atoms with Crippen LogP contribution in [-0.4, -0.2) is 0 Å². The molecule has 1 aromatic heterocycles. The molecule has 1 atom stereocenters. The van der Waals surface area contributed by atoms with Crippen molar-refractivity contribution in [2.24, 2.45) is 7.05 Å². The van der Waals surface area contributed by atoms with Gasteiger partial charge in [0, 0.05) is 34.0 Å². The molecule has 0 N–H and O–H groups in total. The lowest BCUT2D eigenvalue weighted by Gasteiger charge is -2.38. The summed E-state index contributed by atoms with van der Waals surface area (Å²) in [5, 5.41) is 0. The van der Waals surface area contributed by atoms with Gasteiger partial charge in [0.2, 0.25) is 5.69 Å². The number of hydrogen-bond donors (Lipinski definition) is 0. The molecule has 0 fully saturated rings. The first-order valence-corrected chi connectivity index (χ1v) is 11.2. The number of nitrogens with zero attached hydrogens (tertiary/aromatic N) is 1. The largest absolute Gasteiger partial charge is 0.213 e. The van der Waals surface area contributed by atoms with Crippen LogP contribution in [0.15, 0.2) is 79.0 Å². The first-order chi connectivity index (χ1) is 16.8. The van der Waals surface area contributed by atoms with Crippen molar-refractivity contribution in [3.05, 3.63) is 112 Å². The van der Waals surface area contributed by atoms with Crippen LogP contribution in [0.4, 0.5) is 0 Å². The number of benzene rings is 3. The van der Waals surface area contributed by atoms with Crippen molar-refractivity contribution in [3.8, 4) is 22.4 Å². The molecule has 3 aromatic carbocycles. The van der Waals surface area contributed by atoms with Gasteiger partial charge in [0.05, 0.1) is 0 Å². The van der Waals surface area contributed by atoms with E-state index >= 15 is 0 Å². The van der Waals surface area contributed by atoms with E-state index < -0.39 is 12.7 Å². The summed E-state index contributed by atoms with van der Waals surface area (Å²) < 4.78 is 36.1. The smallest absolute Gasteiger partial charge is 0.201 e. The summed E-state index contributed by atoms with van der Waals surface area (Å²) in [5.41, 5.74) is 8.93. The summed E-state index contributed by atoms with van der Waals surface area (Å²) in [6, 6.07) is 24.5. The fraction of sp³-hybridized carbons (Fsp3) is 0.258. The minimum Gasteiger partial charge on any atom is -0.201 e. The van der Waals surface area contributed by atoms with E-state index in [4.69, 9.17) is 4.11 Å². The zero-order valence-electron chi connectivity index (χ0n) is 23.5. The fourth-order valence-corrected chi connectivity index (χ4v) is 5.22. The third-order valence-corrected chi connectivity index (χ3v) is 7.11. The van der Waals surface area contributed by atoms with E-state index in [2.05, 4.69) is 51.1 Å². The zero-order valence-corrected chi connectivity index (χ0v) is 19.5. The Balaban J connectivity index is 1.78. The Morgan fingerprint density at radius 3 is 2.34 bits per heavy atom. The van der Waals surface area contributed by atoms with Gasteiger partial charge in [0.15, 0.2) is 6.20 Å². The second-order valence-electron chi connectivity index (χ2n) is 9.47. The Bertz CT molecular complexity index is 1500. The number of pyridine rings is 1. The maximum Gasteiger partial charge on any atom is 0.213 e. The lowest BCUT2D eigenvalue weighted by atomic mass is 9.65. The molecule has 1 aliphatic rings. The van der Waals surface area contributed by atoms with E-state index in [0.29, 0.717) is 11.1 Å². The SMILES string of the molecule is [2H]C([2H])([2H])c1c[n+](C)c(-c2ccccc2C)cc1-c1ccc2c(c1)C(C)(C)c1ccccc1C2([2H])C. The highest BCUT2D eigenvalue weighted by atomic mass is 14.9. The quantitative estimate of drug-likeness (QED) is 0.299. The molecule has 0 aliphatic heterocycles. The Morgan fingerprint density at radius 1 is 0.844 bits per heavy atom. The summed E-state index contributed by atoms with van der Waals surface area (Å²) in [4.78, 5) is 0. The van der Waals surface area contributed by atoms with E-state index in [9.17, 15) is 1.37 Å². The number of hydrogen-bond acceptors (Lipinski definition) is 0. The lowest BCUT2D eigenvalue weighted by molar-refractivity contribution is -0.660. The molecule has 0 saturated heterocycles. The third kappa shape index (κ3) is 3.11. The van der Waals surface area contributed by atoms with Gasteiger partial charge >= 0.3 is 0 Å². The van der Waals surface area contributed by atoms with Crippen molar-refractivity contribution >= 4 is 0 Å². The molecule has 0 bridgehead atoms. The molecule has 0 saturated carbocycles.